The van der Waals surface area contributed by atoms with Gasteiger partial charge in [-0.2, -0.15) is 0 Å². The van der Waals surface area contributed by atoms with Gasteiger partial charge in [0.05, 0.1) is 10.7 Å². The zero-order chi connectivity index (χ0) is 21.0. The summed E-state index contributed by atoms with van der Waals surface area (Å²) < 4.78 is 5.61. The maximum Gasteiger partial charge on any atom is 0.262 e. The molecule has 29 heavy (non-hydrogen) atoms. The van der Waals surface area contributed by atoms with Crippen molar-refractivity contribution >= 4 is 28.9 Å². The minimum atomic E-state index is -0.208. The number of anilines is 2. The molecule has 1 aliphatic heterocycles. The summed E-state index contributed by atoms with van der Waals surface area (Å²) >= 11 is 6.48. The Bertz CT molecular complexity index is 835. The van der Waals surface area contributed by atoms with Crippen LogP contribution in [0.2, 0.25) is 5.02 Å². The number of hydrogen-bond acceptors (Lipinski definition) is 3. The molecule has 0 saturated carbocycles. The number of ether oxygens (including phenoxy) is 1. The van der Waals surface area contributed by atoms with Crippen molar-refractivity contribution in [2.75, 3.05) is 29.9 Å². The zero-order valence-electron chi connectivity index (χ0n) is 17.8. The van der Waals surface area contributed by atoms with E-state index in [1.54, 1.807) is 0 Å². The highest BCUT2D eigenvalue weighted by Gasteiger charge is 2.18. The number of amides is 1. The van der Waals surface area contributed by atoms with Crippen LogP contribution >= 0.6 is 11.6 Å². The fourth-order valence-corrected chi connectivity index (χ4v) is 3.79. The second kappa shape index (κ2) is 9.08. The van der Waals surface area contributed by atoms with Crippen molar-refractivity contribution in [1.82, 2.24) is 0 Å². The van der Waals surface area contributed by atoms with Crippen molar-refractivity contribution in [2.45, 2.75) is 46.0 Å². The van der Waals surface area contributed by atoms with Crippen LogP contribution in [0.3, 0.4) is 0 Å². The highest BCUT2D eigenvalue weighted by molar-refractivity contribution is 6.33. The molecule has 0 atom stereocenters. The van der Waals surface area contributed by atoms with E-state index < -0.39 is 0 Å². The van der Waals surface area contributed by atoms with Crippen molar-refractivity contribution in [1.29, 1.82) is 0 Å². The lowest BCUT2D eigenvalue weighted by molar-refractivity contribution is -0.118. The molecule has 3 rings (SSSR count). The summed E-state index contributed by atoms with van der Waals surface area (Å²) in [4.78, 5) is 14.6. The van der Waals surface area contributed by atoms with Gasteiger partial charge in [0, 0.05) is 18.8 Å². The molecule has 0 bridgehead atoms. The molecule has 1 saturated heterocycles. The Balaban J connectivity index is 1.53. The molecule has 1 heterocycles. The molecule has 2 aromatic rings. The van der Waals surface area contributed by atoms with E-state index in [1.165, 1.54) is 18.4 Å². The standard InChI is InChI=1S/C24H31ClN2O2/c1-17-11-13-27(14-12-17)22-10-7-19(15-21(22)25)26-23(28)16-29-20-8-5-18(6-9-20)24(2,3)4/h5-10,15,17H,11-14,16H2,1-4H3,(H,26,28). The Labute approximate surface area is 179 Å². The first-order valence-electron chi connectivity index (χ1n) is 10.3. The van der Waals surface area contributed by atoms with Crippen LogP contribution in [0.1, 0.15) is 46.1 Å². The van der Waals surface area contributed by atoms with Crippen molar-refractivity contribution in [3.63, 3.8) is 0 Å². The van der Waals surface area contributed by atoms with E-state index in [-0.39, 0.29) is 17.9 Å². The first kappa shape index (κ1) is 21.5. The first-order chi connectivity index (χ1) is 13.7. The summed E-state index contributed by atoms with van der Waals surface area (Å²) in [6.07, 6.45) is 2.37. The Morgan fingerprint density at radius 2 is 1.79 bits per heavy atom. The third-order valence-electron chi connectivity index (χ3n) is 5.45. The van der Waals surface area contributed by atoms with E-state index in [1.807, 2.05) is 42.5 Å². The second-order valence-electron chi connectivity index (χ2n) is 8.95. The maximum absolute atomic E-state index is 12.3. The van der Waals surface area contributed by atoms with E-state index in [0.29, 0.717) is 16.5 Å². The number of carbonyl (C=O) groups excluding carboxylic acids is 1. The quantitative estimate of drug-likeness (QED) is 0.663. The topological polar surface area (TPSA) is 41.6 Å². The van der Waals surface area contributed by atoms with E-state index in [9.17, 15) is 4.79 Å². The van der Waals surface area contributed by atoms with Crippen LogP contribution in [-0.2, 0) is 10.2 Å². The summed E-state index contributed by atoms with van der Waals surface area (Å²) in [6, 6.07) is 13.6. The molecule has 4 nitrogen and oxygen atoms in total. The molecule has 0 aliphatic carbocycles. The molecule has 156 valence electrons. The van der Waals surface area contributed by atoms with Crippen molar-refractivity contribution < 1.29 is 9.53 Å². The van der Waals surface area contributed by atoms with Crippen LogP contribution in [0, 0.1) is 5.92 Å². The molecular formula is C24H31ClN2O2. The maximum atomic E-state index is 12.3. The third-order valence-corrected chi connectivity index (χ3v) is 5.75. The van der Waals surface area contributed by atoms with Gasteiger partial charge in [-0.25, -0.2) is 0 Å². The third kappa shape index (κ3) is 5.89. The summed E-state index contributed by atoms with van der Waals surface area (Å²) in [5.41, 5.74) is 3.04. The monoisotopic (exact) mass is 414 g/mol. The van der Waals surface area contributed by atoms with E-state index in [2.05, 4.69) is 37.9 Å². The number of nitrogens with one attached hydrogen (secondary N) is 1. The lowest BCUT2D eigenvalue weighted by Gasteiger charge is -2.32. The number of piperidine rings is 1. The Kier molecular flexibility index (Phi) is 6.74. The highest BCUT2D eigenvalue weighted by Crippen LogP contribution is 2.32. The predicted octanol–water partition coefficient (Wildman–Crippen LogP) is 5.89. The van der Waals surface area contributed by atoms with Crippen LogP contribution in [0.15, 0.2) is 42.5 Å². The molecule has 1 fully saturated rings. The van der Waals surface area contributed by atoms with Crippen molar-refractivity contribution in [3.05, 3.63) is 53.1 Å². The smallest absolute Gasteiger partial charge is 0.262 e. The van der Waals surface area contributed by atoms with Crippen molar-refractivity contribution in [3.8, 4) is 5.75 Å². The molecule has 1 aliphatic rings. The predicted molar refractivity (Wildman–Crippen MR) is 121 cm³/mol. The number of nitrogens with zero attached hydrogens (tertiary/aromatic N) is 1. The van der Waals surface area contributed by atoms with Gasteiger partial charge in [0.15, 0.2) is 6.61 Å². The summed E-state index contributed by atoms with van der Waals surface area (Å²) in [5, 5.41) is 3.52. The average molecular weight is 415 g/mol. The molecular weight excluding hydrogens is 384 g/mol. The summed E-state index contributed by atoms with van der Waals surface area (Å²) in [5.74, 6) is 1.25. The molecule has 0 aromatic heterocycles. The fraction of sp³-hybridized carbons (Fsp3) is 0.458. The first-order valence-corrected chi connectivity index (χ1v) is 10.7. The Hall–Kier alpha value is -2.20. The molecule has 1 amide bonds. The second-order valence-corrected chi connectivity index (χ2v) is 9.35. The van der Waals surface area contributed by atoms with Gasteiger partial charge >= 0.3 is 0 Å². The van der Waals surface area contributed by atoms with E-state index >= 15 is 0 Å². The molecule has 0 spiro atoms. The van der Waals surface area contributed by atoms with Crippen LogP contribution in [-0.4, -0.2) is 25.6 Å². The van der Waals surface area contributed by atoms with Gasteiger partial charge in [0.2, 0.25) is 0 Å². The average Bonchev–Trinajstić information content (AvgIpc) is 2.67. The lowest BCUT2D eigenvalue weighted by Crippen LogP contribution is -2.32. The normalized spacial score (nSPS) is 15.3. The minimum Gasteiger partial charge on any atom is -0.484 e. The Morgan fingerprint density at radius 3 is 2.38 bits per heavy atom. The molecule has 1 N–H and O–H groups in total. The van der Waals surface area contributed by atoms with E-state index in [0.717, 1.165) is 24.7 Å². The fourth-order valence-electron chi connectivity index (χ4n) is 3.49. The number of benzene rings is 2. The largest absolute Gasteiger partial charge is 0.484 e. The molecule has 2 aromatic carbocycles. The van der Waals surface area contributed by atoms with Gasteiger partial charge in [0.25, 0.3) is 5.91 Å². The van der Waals surface area contributed by atoms with Gasteiger partial charge < -0.3 is 15.0 Å². The van der Waals surface area contributed by atoms with Crippen LogP contribution < -0.4 is 15.0 Å². The van der Waals surface area contributed by atoms with Crippen molar-refractivity contribution in [2.24, 2.45) is 5.92 Å². The number of halogens is 1. The zero-order valence-corrected chi connectivity index (χ0v) is 18.6. The summed E-state index contributed by atoms with van der Waals surface area (Å²) in [6.45, 7) is 10.8. The number of carbonyl (C=O) groups is 1. The van der Waals surface area contributed by atoms with Crippen LogP contribution in [0.4, 0.5) is 11.4 Å². The van der Waals surface area contributed by atoms with E-state index in [4.69, 9.17) is 16.3 Å². The van der Waals surface area contributed by atoms with Gasteiger partial charge in [-0.3, -0.25) is 4.79 Å². The summed E-state index contributed by atoms with van der Waals surface area (Å²) in [7, 11) is 0. The highest BCUT2D eigenvalue weighted by atomic mass is 35.5. The lowest BCUT2D eigenvalue weighted by atomic mass is 9.87. The SMILES string of the molecule is CC1CCN(c2ccc(NC(=O)COc3ccc(C(C)(C)C)cc3)cc2Cl)CC1. The van der Waals surface area contributed by atoms with Gasteiger partial charge in [-0.15, -0.1) is 0 Å². The van der Waals surface area contributed by atoms with Gasteiger partial charge in [-0.1, -0.05) is 51.4 Å². The number of rotatable bonds is 5. The minimum absolute atomic E-state index is 0.0434. The molecule has 0 radical (unpaired) electrons. The molecule has 5 heteroatoms. The Morgan fingerprint density at radius 1 is 1.14 bits per heavy atom. The van der Waals surface area contributed by atoms with Crippen LogP contribution in [0.5, 0.6) is 5.75 Å². The van der Waals surface area contributed by atoms with Gasteiger partial charge in [0.1, 0.15) is 5.75 Å². The number of hydrogen-bond donors (Lipinski definition) is 1. The van der Waals surface area contributed by atoms with Crippen LogP contribution in [0.25, 0.3) is 0 Å². The molecule has 0 unspecified atom stereocenters. The van der Waals surface area contributed by atoms with Gasteiger partial charge in [-0.05, 0) is 60.1 Å².